The Morgan fingerprint density at radius 1 is 0.621 bits per heavy atom. The molecule has 1 amide bonds. The summed E-state index contributed by atoms with van der Waals surface area (Å²) < 4.78 is 125. The lowest BCUT2D eigenvalue weighted by Gasteiger charge is -2.32. The number of amides is 1. The molecule has 3 aromatic rings. The summed E-state index contributed by atoms with van der Waals surface area (Å²) in [6.45, 7) is 6.37. The van der Waals surface area contributed by atoms with E-state index in [1.165, 1.54) is 26.3 Å². The number of nitriles is 1. The molecular formula is C55H78ClF3N8O19S. The minimum atomic E-state index is -4.84. The third-order valence-electron chi connectivity index (χ3n) is 12.7. The quantitative estimate of drug-likeness (QED) is 0.0592. The first kappa shape index (κ1) is 73.4. The van der Waals surface area contributed by atoms with Gasteiger partial charge in [-0.2, -0.15) is 18.4 Å². The summed E-state index contributed by atoms with van der Waals surface area (Å²) in [5.74, 6) is -3.33. The fourth-order valence-corrected chi connectivity index (χ4v) is 9.90. The maximum Gasteiger partial charge on any atom is 0.433 e. The molecule has 1 aliphatic rings. The number of carbonyl (C=O) groups excluding carboxylic acids is 1. The molecule has 0 spiro atoms. The second-order valence-electron chi connectivity index (χ2n) is 19.0. The van der Waals surface area contributed by atoms with E-state index in [2.05, 4.69) is 10.3 Å². The highest BCUT2D eigenvalue weighted by Crippen LogP contribution is 2.41. The molecular weight excluding hydrogens is 1200 g/mol. The van der Waals surface area contributed by atoms with Crippen molar-refractivity contribution in [3.8, 4) is 28.7 Å². The number of aliphatic carboxylic acids is 3. The number of nitrogens with one attached hydrogen (secondary N) is 1. The van der Waals surface area contributed by atoms with Crippen LogP contribution in [0.1, 0.15) is 11.3 Å². The number of nitrogens with zero attached hydrogens (tertiary/aromatic N) is 7. The first-order chi connectivity index (χ1) is 41.7. The fraction of sp³-hybridized carbons (Fsp3) is 0.600. The van der Waals surface area contributed by atoms with Gasteiger partial charge in [0.05, 0.1) is 161 Å². The van der Waals surface area contributed by atoms with E-state index in [0.29, 0.717) is 105 Å². The number of ether oxygens (including phenoxy) is 10. The molecule has 32 heteroatoms. The predicted molar refractivity (Wildman–Crippen MR) is 307 cm³/mol. The van der Waals surface area contributed by atoms with Crippen LogP contribution in [-0.2, 0) is 73.3 Å². The van der Waals surface area contributed by atoms with Crippen molar-refractivity contribution in [1.82, 2.24) is 29.9 Å². The lowest BCUT2D eigenvalue weighted by molar-refractivity contribution is -0.141. The van der Waals surface area contributed by atoms with Gasteiger partial charge in [0.15, 0.2) is 0 Å². The third-order valence-corrected chi connectivity index (χ3v) is 14.8. The first-order valence-corrected chi connectivity index (χ1v) is 29.5. The molecule has 0 atom stereocenters. The average Bonchev–Trinajstić information content (AvgIpc) is 0.842. The van der Waals surface area contributed by atoms with Crippen molar-refractivity contribution in [2.75, 3.05) is 216 Å². The number of carboxylic acid groups (broad SMARTS) is 3. The van der Waals surface area contributed by atoms with E-state index < -0.39 is 50.3 Å². The molecule has 87 heavy (non-hydrogen) atoms. The molecule has 486 valence electrons. The summed E-state index contributed by atoms with van der Waals surface area (Å²) in [5, 5.41) is 40.6. The zero-order chi connectivity index (χ0) is 63.5. The Labute approximate surface area is 508 Å². The number of carbonyl (C=O) groups is 4. The summed E-state index contributed by atoms with van der Waals surface area (Å²) in [5.41, 5.74) is -1.77. The number of hydrogen-bond donors (Lipinski definition) is 4. The van der Waals surface area contributed by atoms with Crippen LogP contribution in [0, 0.1) is 11.3 Å². The van der Waals surface area contributed by atoms with E-state index in [1.807, 2.05) is 4.90 Å². The number of aromatic nitrogens is 1. The highest BCUT2D eigenvalue weighted by Gasteiger charge is 2.34. The second-order valence-corrected chi connectivity index (χ2v) is 21.4. The van der Waals surface area contributed by atoms with Crippen LogP contribution in [0.3, 0.4) is 0 Å². The molecule has 2 aromatic carbocycles. The van der Waals surface area contributed by atoms with Crippen molar-refractivity contribution in [3.05, 3.63) is 64.9 Å². The van der Waals surface area contributed by atoms with Gasteiger partial charge in [0.25, 0.3) is 10.0 Å². The van der Waals surface area contributed by atoms with Gasteiger partial charge in [-0.05, 0) is 24.3 Å². The van der Waals surface area contributed by atoms with Gasteiger partial charge in [-0.3, -0.25) is 48.1 Å². The van der Waals surface area contributed by atoms with E-state index in [0.717, 1.165) is 16.6 Å². The average molecular weight is 1280 g/mol. The van der Waals surface area contributed by atoms with Gasteiger partial charge in [0, 0.05) is 89.3 Å². The molecule has 1 saturated heterocycles. The Bertz CT molecular complexity index is 2710. The standard InChI is InChI=1S/C55H78ClF3N8O19S/c1-63(46-5-3-4-6-47(46)77-2)87(75,76)49-34-43(44-37-62-50(55(57,58)59)33-42(44)36-60)45(56)35-48(49)86-32-31-85-30-29-84-28-27-83-26-25-82-24-23-81-22-21-80-20-19-79-18-17-78-16-7-61-51(68)38-64-8-10-65(39-52(69)70)12-14-67(41-54(73)74)15-13-66(11-9-64)40-53(71)72/h3-6,33-35,37H,7-32,38-41H2,1-2H3,(H,61,68)(H,69,70)(H,71,72)(H,73,74). The van der Waals surface area contributed by atoms with Crippen LogP contribution in [-0.4, -0.2) is 284 Å². The van der Waals surface area contributed by atoms with E-state index in [4.69, 9.17) is 59.0 Å². The van der Waals surface area contributed by atoms with Crippen molar-refractivity contribution in [3.63, 3.8) is 0 Å². The Morgan fingerprint density at radius 3 is 1.43 bits per heavy atom. The van der Waals surface area contributed by atoms with E-state index in [-0.39, 0.29) is 138 Å². The van der Waals surface area contributed by atoms with Crippen molar-refractivity contribution in [2.45, 2.75) is 11.1 Å². The van der Waals surface area contributed by atoms with Crippen molar-refractivity contribution < 1.29 is 103 Å². The number of hydrogen-bond acceptors (Lipinski definition) is 22. The number of pyridine rings is 1. The van der Waals surface area contributed by atoms with Gasteiger partial charge in [0.2, 0.25) is 5.91 Å². The highest BCUT2D eigenvalue weighted by atomic mass is 35.5. The van der Waals surface area contributed by atoms with Gasteiger partial charge >= 0.3 is 24.1 Å². The minimum Gasteiger partial charge on any atom is -0.495 e. The molecule has 0 bridgehead atoms. The molecule has 0 saturated carbocycles. The third kappa shape index (κ3) is 28.3. The van der Waals surface area contributed by atoms with Crippen LogP contribution >= 0.6 is 11.6 Å². The lowest BCUT2D eigenvalue weighted by Crippen LogP contribution is -2.50. The topological polar surface area (TPSA) is 320 Å². The van der Waals surface area contributed by atoms with E-state index >= 15 is 0 Å². The molecule has 0 radical (unpaired) electrons. The second kappa shape index (κ2) is 40.5. The summed E-state index contributed by atoms with van der Waals surface area (Å²) >= 11 is 6.58. The Hall–Kier alpha value is -6.09. The molecule has 1 aliphatic heterocycles. The van der Waals surface area contributed by atoms with Crippen molar-refractivity contribution in [1.29, 1.82) is 5.26 Å². The van der Waals surface area contributed by atoms with Crippen LogP contribution in [0.15, 0.2) is 53.6 Å². The maximum atomic E-state index is 14.2. The number of sulfonamides is 1. The molecule has 0 aliphatic carbocycles. The molecule has 0 unspecified atom stereocenters. The van der Waals surface area contributed by atoms with Crippen LogP contribution < -0.4 is 19.1 Å². The lowest BCUT2D eigenvalue weighted by atomic mass is 10.0. The first-order valence-electron chi connectivity index (χ1n) is 27.7. The Morgan fingerprint density at radius 2 is 1.02 bits per heavy atom. The number of para-hydroxylation sites is 2. The van der Waals surface area contributed by atoms with Gasteiger partial charge < -0.3 is 68.0 Å². The zero-order valence-electron chi connectivity index (χ0n) is 48.8. The highest BCUT2D eigenvalue weighted by molar-refractivity contribution is 7.93. The number of carboxylic acids is 3. The minimum absolute atomic E-state index is 0.00222. The van der Waals surface area contributed by atoms with Crippen molar-refractivity contribution in [2.24, 2.45) is 0 Å². The Kier molecular flexibility index (Phi) is 34.1. The number of alkyl halides is 3. The molecule has 27 nitrogen and oxygen atoms in total. The monoisotopic (exact) mass is 1280 g/mol. The number of benzene rings is 2. The fourth-order valence-electron chi connectivity index (χ4n) is 8.30. The molecule has 2 heterocycles. The summed E-state index contributed by atoms with van der Waals surface area (Å²) in [4.78, 5) is 57.2. The van der Waals surface area contributed by atoms with Crippen molar-refractivity contribution >= 4 is 51.1 Å². The van der Waals surface area contributed by atoms with E-state index in [9.17, 15) is 61.3 Å². The molecule has 4 rings (SSSR count). The SMILES string of the molecule is COc1ccccc1N(C)S(=O)(=O)c1cc(-c2cnc(C(F)(F)F)cc2C#N)c(Cl)cc1OCCOCCOCCOCCOCCOCCOCCOCCOCCNC(=O)CN1CCN(CC(=O)O)CCN(CC(=O)O)CCN(CC(=O)O)CC1. The normalized spacial score (nSPS) is 14.4. The molecule has 1 aromatic heterocycles. The maximum absolute atomic E-state index is 14.2. The van der Waals surface area contributed by atoms with Gasteiger partial charge in [0.1, 0.15) is 28.7 Å². The summed E-state index contributed by atoms with van der Waals surface area (Å²) in [6.07, 6.45) is -4.03. The summed E-state index contributed by atoms with van der Waals surface area (Å²) in [6, 6.07) is 10.9. The van der Waals surface area contributed by atoms with Crippen LogP contribution in [0.4, 0.5) is 18.9 Å². The molecule has 4 N–H and O–H groups in total. The van der Waals surface area contributed by atoms with Gasteiger partial charge in [-0.25, -0.2) is 8.42 Å². The molecule has 1 fully saturated rings. The van der Waals surface area contributed by atoms with E-state index in [1.54, 1.807) is 39.0 Å². The van der Waals surface area contributed by atoms with Crippen LogP contribution in [0.25, 0.3) is 11.1 Å². The number of anilines is 1. The van der Waals surface area contributed by atoms with Crippen LogP contribution in [0.2, 0.25) is 5.02 Å². The zero-order valence-corrected chi connectivity index (χ0v) is 50.3. The number of methoxy groups -OCH3 is 1. The number of rotatable bonds is 41. The summed E-state index contributed by atoms with van der Waals surface area (Å²) in [7, 11) is -1.82. The smallest absolute Gasteiger partial charge is 0.433 e. The largest absolute Gasteiger partial charge is 0.495 e. The van der Waals surface area contributed by atoms with Gasteiger partial charge in [-0.1, -0.05) is 23.7 Å². The van der Waals surface area contributed by atoms with Crippen LogP contribution in [0.5, 0.6) is 11.5 Å². The Balaban J connectivity index is 0.993. The van der Waals surface area contributed by atoms with Gasteiger partial charge in [-0.15, -0.1) is 0 Å². The number of halogens is 4. The predicted octanol–water partition coefficient (Wildman–Crippen LogP) is 2.23.